The predicted molar refractivity (Wildman–Crippen MR) is 189 cm³/mol. The molecular weight excluding hydrogens is 649 g/mol. The van der Waals surface area contributed by atoms with Gasteiger partial charge in [0, 0.05) is 48.1 Å². The van der Waals surface area contributed by atoms with E-state index in [0.717, 1.165) is 85.8 Å². The molecule has 0 amide bonds. The fourth-order valence-electron chi connectivity index (χ4n) is 8.42. The van der Waals surface area contributed by atoms with E-state index >= 15 is 0 Å². The molecule has 0 saturated carbocycles. The van der Waals surface area contributed by atoms with Crippen LogP contribution in [0.3, 0.4) is 0 Å². The fraction of sp³-hybridized carbons (Fsp3) is 0.474. The van der Waals surface area contributed by atoms with E-state index < -0.39 is 0 Å². The standard InChI is InChI=1S/2C19H21ClFN3/c2*1-2-14-4-3-11-24(14)18-16-10-9-15(17(16)22-19(20)23-18)12-5-7-13(21)8-6-12/h2*5-8,14-15H,2-4,9-11H2,1H3. The summed E-state index contributed by atoms with van der Waals surface area (Å²) < 4.78 is 26.5. The number of rotatable bonds is 6. The fourth-order valence-corrected chi connectivity index (χ4v) is 8.76. The molecule has 2 fully saturated rings. The van der Waals surface area contributed by atoms with Gasteiger partial charge in [0.15, 0.2) is 0 Å². The van der Waals surface area contributed by atoms with Crippen LogP contribution in [0.15, 0.2) is 48.5 Å². The summed E-state index contributed by atoms with van der Waals surface area (Å²) in [6.45, 7) is 6.54. The molecule has 2 saturated heterocycles. The molecule has 2 aromatic heterocycles. The maximum atomic E-state index is 13.2. The minimum atomic E-state index is -0.207. The van der Waals surface area contributed by atoms with Crippen molar-refractivity contribution in [3.8, 4) is 0 Å². The first kappa shape index (κ1) is 33.2. The van der Waals surface area contributed by atoms with Crippen molar-refractivity contribution < 1.29 is 8.78 Å². The molecule has 2 aromatic carbocycles. The number of nitrogens with zero attached hydrogens (tertiary/aromatic N) is 6. The molecule has 2 aliphatic carbocycles. The van der Waals surface area contributed by atoms with Gasteiger partial charge in [-0.1, -0.05) is 38.1 Å². The molecule has 6 nitrogen and oxygen atoms in total. The second kappa shape index (κ2) is 14.2. The van der Waals surface area contributed by atoms with Gasteiger partial charge >= 0.3 is 0 Å². The lowest BCUT2D eigenvalue weighted by molar-refractivity contribution is 0.625. The number of benzene rings is 2. The number of halogens is 4. The largest absolute Gasteiger partial charge is 0.353 e. The molecule has 4 heterocycles. The molecule has 0 radical (unpaired) electrons. The van der Waals surface area contributed by atoms with Gasteiger partial charge in [0.05, 0.1) is 11.4 Å². The van der Waals surface area contributed by atoms with Crippen LogP contribution in [0.5, 0.6) is 0 Å². The van der Waals surface area contributed by atoms with Crippen LogP contribution in [0.25, 0.3) is 0 Å². The van der Waals surface area contributed by atoms with Crippen molar-refractivity contribution in [2.45, 2.75) is 102 Å². The third kappa shape index (κ3) is 6.50. The molecule has 4 atom stereocenters. The lowest BCUT2D eigenvalue weighted by atomic mass is 9.97. The van der Waals surface area contributed by atoms with Gasteiger partial charge in [-0.05, 0) is 123 Å². The Kier molecular flexibility index (Phi) is 9.84. The Morgan fingerprint density at radius 1 is 0.604 bits per heavy atom. The zero-order valence-corrected chi connectivity index (χ0v) is 29.1. The Morgan fingerprint density at radius 2 is 1.00 bits per heavy atom. The second-order valence-electron chi connectivity index (χ2n) is 13.4. The Balaban J connectivity index is 0.000000152. The maximum absolute atomic E-state index is 13.2. The minimum Gasteiger partial charge on any atom is -0.353 e. The Morgan fingerprint density at radius 3 is 1.38 bits per heavy atom. The average molecular weight is 692 g/mol. The summed E-state index contributed by atoms with van der Waals surface area (Å²) in [5.74, 6) is 2.01. The van der Waals surface area contributed by atoms with Crippen LogP contribution in [-0.4, -0.2) is 45.1 Å². The average Bonchev–Trinajstić information content (AvgIpc) is 3.91. The van der Waals surface area contributed by atoms with E-state index in [0.29, 0.717) is 22.7 Å². The van der Waals surface area contributed by atoms with Crippen molar-refractivity contribution in [3.63, 3.8) is 0 Å². The van der Waals surface area contributed by atoms with Gasteiger partial charge < -0.3 is 9.80 Å². The third-order valence-corrected chi connectivity index (χ3v) is 11.1. The molecule has 0 N–H and O–H groups in total. The Labute approximate surface area is 291 Å². The molecular formula is C38H42Cl2F2N6. The summed E-state index contributed by atoms with van der Waals surface area (Å²) in [6, 6.07) is 14.6. The number of hydrogen-bond acceptors (Lipinski definition) is 6. The third-order valence-electron chi connectivity index (χ3n) is 10.8. The predicted octanol–water partition coefficient (Wildman–Crippen LogP) is 9.45. The monoisotopic (exact) mass is 690 g/mol. The van der Waals surface area contributed by atoms with Crippen LogP contribution in [-0.2, 0) is 12.8 Å². The molecule has 4 aromatic rings. The summed E-state index contributed by atoms with van der Waals surface area (Å²) in [6.07, 6.45) is 11.0. The second-order valence-corrected chi connectivity index (χ2v) is 14.1. The lowest BCUT2D eigenvalue weighted by Gasteiger charge is -2.27. The van der Waals surface area contributed by atoms with Gasteiger partial charge in [-0.25, -0.2) is 28.7 Å². The molecule has 0 spiro atoms. The summed E-state index contributed by atoms with van der Waals surface area (Å²) >= 11 is 12.5. The first-order chi connectivity index (χ1) is 23.3. The van der Waals surface area contributed by atoms with Crippen molar-refractivity contribution in [2.24, 2.45) is 0 Å². The van der Waals surface area contributed by atoms with Crippen LogP contribution < -0.4 is 9.80 Å². The first-order valence-corrected chi connectivity index (χ1v) is 18.3. The van der Waals surface area contributed by atoms with Gasteiger partial charge in [0.25, 0.3) is 0 Å². The van der Waals surface area contributed by atoms with Crippen LogP contribution >= 0.6 is 23.2 Å². The zero-order chi connectivity index (χ0) is 33.4. The van der Waals surface area contributed by atoms with Crippen LogP contribution in [0.1, 0.15) is 111 Å². The van der Waals surface area contributed by atoms with E-state index in [1.54, 1.807) is 0 Å². The summed E-state index contributed by atoms with van der Waals surface area (Å²) in [5.41, 5.74) is 6.72. The number of fused-ring (bicyclic) bond motifs is 2. The smallest absolute Gasteiger partial charge is 0.224 e. The van der Waals surface area contributed by atoms with Gasteiger partial charge in [-0.15, -0.1) is 0 Å². The van der Waals surface area contributed by atoms with E-state index in [1.807, 2.05) is 24.3 Å². The minimum absolute atomic E-state index is 0.183. The molecule has 0 bridgehead atoms. The Hall–Kier alpha value is -3.36. The number of aromatic nitrogens is 4. The first-order valence-electron chi connectivity index (χ1n) is 17.5. The number of hydrogen-bond donors (Lipinski definition) is 0. The molecule has 10 heteroatoms. The van der Waals surface area contributed by atoms with Gasteiger partial charge in [-0.3, -0.25) is 0 Å². The molecule has 8 rings (SSSR count). The number of anilines is 2. The molecule has 2 aliphatic heterocycles. The van der Waals surface area contributed by atoms with E-state index in [4.69, 9.17) is 23.2 Å². The van der Waals surface area contributed by atoms with Crippen LogP contribution in [0, 0.1) is 11.6 Å². The van der Waals surface area contributed by atoms with Crippen LogP contribution in [0.2, 0.25) is 10.6 Å². The summed E-state index contributed by atoms with van der Waals surface area (Å²) in [5, 5.41) is 0.638. The van der Waals surface area contributed by atoms with Crippen molar-refractivity contribution in [2.75, 3.05) is 22.9 Å². The highest BCUT2D eigenvalue weighted by molar-refractivity contribution is 6.28. The van der Waals surface area contributed by atoms with Gasteiger partial charge in [-0.2, -0.15) is 0 Å². The summed E-state index contributed by atoms with van der Waals surface area (Å²) in [7, 11) is 0. The highest BCUT2D eigenvalue weighted by Crippen LogP contribution is 2.44. The van der Waals surface area contributed by atoms with Crippen molar-refractivity contribution in [1.29, 1.82) is 0 Å². The SMILES string of the molecule is CCC1CCCN1c1nc(Cl)nc2c1CCC2c1ccc(F)cc1.CCC1CCCN1c1nc(Cl)nc2c1CCC2c1ccc(F)cc1. The highest BCUT2D eigenvalue weighted by Gasteiger charge is 2.35. The molecule has 4 unspecified atom stereocenters. The van der Waals surface area contributed by atoms with E-state index in [-0.39, 0.29) is 23.5 Å². The van der Waals surface area contributed by atoms with Crippen molar-refractivity contribution in [3.05, 3.63) is 104 Å². The topological polar surface area (TPSA) is 58.0 Å². The Bertz CT molecular complexity index is 1620. The quantitative estimate of drug-likeness (QED) is 0.188. The van der Waals surface area contributed by atoms with Gasteiger partial charge in [0.1, 0.15) is 23.3 Å². The van der Waals surface area contributed by atoms with E-state index in [9.17, 15) is 8.78 Å². The normalized spacial score (nSPS) is 22.9. The van der Waals surface area contributed by atoms with E-state index in [1.165, 1.54) is 61.1 Å². The molecule has 48 heavy (non-hydrogen) atoms. The maximum Gasteiger partial charge on any atom is 0.224 e. The van der Waals surface area contributed by atoms with Gasteiger partial charge in [0.2, 0.25) is 10.6 Å². The zero-order valence-electron chi connectivity index (χ0n) is 27.6. The van der Waals surface area contributed by atoms with Crippen LogP contribution in [0.4, 0.5) is 20.4 Å². The molecule has 4 aliphatic rings. The summed E-state index contributed by atoms with van der Waals surface area (Å²) in [4.78, 5) is 23.1. The lowest BCUT2D eigenvalue weighted by Crippen LogP contribution is -2.30. The van der Waals surface area contributed by atoms with Crippen molar-refractivity contribution in [1.82, 2.24) is 19.9 Å². The van der Waals surface area contributed by atoms with E-state index in [2.05, 4.69) is 43.6 Å². The van der Waals surface area contributed by atoms with Crippen molar-refractivity contribution >= 4 is 34.8 Å². The molecule has 252 valence electrons. The highest BCUT2D eigenvalue weighted by atomic mass is 35.5.